The Hall–Kier alpha value is -2.45. The number of thiazole rings is 2. The highest BCUT2D eigenvalue weighted by atomic mass is 32.1. The quantitative estimate of drug-likeness (QED) is 0.702. The number of rotatable bonds is 4. The number of nitrogen functional groups attached to an aromatic ring is 1. The van der Waals surface area contributed by atoms with Crippen molar-refractivity contribution < 1.29 is 4.79 Å². The molecule has 140 valence electrons. The average molecular weight is 400 g/mol. The van der Waals surface area contributed by atoms with Gasteiger partial charge in [0.15, 0.2) is 10.3 Å². The number of benzene rings is 1. The van der Waals surface area contributed by atoms with Crippen LogP contribution in [-0.2, 0) is 5.41 Å². The molecule has 1 aliphatic rings. The number of nitrogens with two attached hydrogens (primary N) is 1. The summed E-state index contributed by atoms with van der Waals surface area (Å²) in [5.41, 5.74) is 8.46. The van der Waals surface area contributed by atoms with Crippen molar-refractivity contribution >= 4 is 38.8 Å². The molecule has 1 aromatic carbocycles. The zero-order valence-corrected chi connectivity index (χ0v) is 16.6. The molecule has 1 amide bonds. The van der Waals surface area contributed by atoms with Crippen LogP contribution in [0.2, 0.25) is 0 Å². The highest BCUT2D eigenvalue weighted by molar-refractivity contribution is 7.14. The minimum absolute atomic E-state index is 0.00722. The Kier molecular flexibility index (Phi) is 4.84. The predicted molar refractivity (Wildman–Crippen MR) is 111 cm³/mol. The van der Waals surface area contributed by atoms with Crippen molar-refractivity contribution in [3.8, 4) is 0 Å². The molecule has 6 nitrogen and oxygen atoms in total. The van der Waals surface area contributed by atoms with Crippen LogP contribution >= 0.6 is 22.7 Å². The minimum atomic E-state index is -0.204. The predicted octanol–water partition coefficient (Wildman–Crippen LogP) is 3.45. The zero-order valence-electron chi connectivity index (χ0n) is 15.0. The first-order valence-corrected chi connectivity index (χ1v) is 10.6. The van der Waals surface area contributed by atoms with Gasteiger partial charge in [0.25, 0.3) is 5.91 Å². The summed E-state index contributed by atoms with van der Waals surface area (Å²) in [6.07, 6.45) is 1.63. The molecule has 1 aliphatic heterocycles. The van der Waals surface area contributed by atoms with Crippen LogP contribution in [0.15, 0.2) is 41.1 Å². The molecular formula is C19H21N5OS2. The summed E-state index contributed by atoms with van der Waals surface area (Å²) in [5.74, 6) is -0.00722. The Morgan fingerprint density at radius 2 is 1.89 bits per heavy atom. The van der Waals surface area contributed by atoms with Crippen molar-refractivity contribution in [3.05, 3.63) is 58.0 Å². The molecule has 0 spiro atoms. The van der Waals surface area contributed by atoms with E-state index in [-0.39, 0.29) is 11.3 Å². The van der Waals surface area contributed by atoms with Gasteiger partial charge >= 0.3 is 0 Å². The van der Waals surface area contributed by atoms with Crippen molar-refractivity contribution in [3.63, 3.8) is 0 Å². The van der Waals surface area contributed by atoms with Gasteiger partial charge in [-0.15, -0.1) is 22.7 Å². The van der Waals surface area contributed by atoms with E-state index in [2.05, 4.69) is 44.9 Å². The van der Waals surface area contributed by atoms with Crippen molar-refractivity contribution in [1.29, 1.82) is 0 Å². The highest BCUT2D eigenvalue weighted by Crippen LogP contribution is 2.42. The number of nitrogens with one attached hydrogen (secondary N) is 1. The fraction of sp³-hybridized carbons (Fsp3) is 0.316. The van der Waals surface area contributed by atoms with Gasteiger partial charge in [-0.3, -0.25) is 4.79 Å². The molecule has 0 aliphatic carbocycles. The molecule has 1 fully saturated rings. The number of aromatic nitrogens is 2. The molecule has 0 saturated carbocycles. The smallest absolute Gasteiger partial charge is 0.273 e. The number of hydrogen-bond donors (Lipinski definition) is 2. The van der Waals surface area contributed by atoms with Gasteiger partial charge in [0.2, 0.25) is 0 Å². The molecule has 0 unspecified atom stereocenters. The molecule has 27 heavy (non-hydrogen) atoms. The molecule has 0 atom stereocenters. The number of likely N-dealkylation sites (tertiary alicyclic amines) is 1. The largest absolute Gasteiger partial charge is 0.375 e. The van der Waals surface area contributed by atoms with E-state index >= 15 is 0 Å². The topological polar surface area (TPSA) is 84.1 Å². The Morgan fingerprint density at radius 1 is 1.15 bits per heavy atom. The second-order valence-corrected chi connectivity index (χ2v) is 8.35. The van der Waals surface area contributed by atoms with Crippen LogP contribution in [0.3, 0.4) is 0 Å². The third kappa shape index (κ3) is 3.30. The van der Waals surface area contributed by atoms with Gasteiger partial charge in [0.05, 0.1) is 5.69 Å². The first-order valence-electron chi connectivity index (χ1n) is 8.82. The van der Waals surface area contributed by atoms with Gasteiger partial charge in [-0.05, 0) is 18.4 Å². The molecule has 3 heterocycles. The number of anilines is 2. The Morgan fingerprint density at radius 3 is 2.48 bits per heavy atom. The molecule has 4 rings (SSSR count). The van der Waals surface area contributed by atoms with E-state index in [1.54, 1.807) is 0 Å². The third-order valence-electron chi connectivity index (χ3n) is 5.18. The Labute approximate surface area is 166 Å². The molecule has 3 aromatic rings. The lowest BCUT2D eigenvalue weighted by Crippen LogP contribution is -2.46. The van der Waals surface area contributed by atoms with E-state index in [0.717, 1.165) is 23.7 Å². The molecule has 3 N–H and O–H groups in total. The summed E-state index contributed by atoms with van der Waals surface area (Å²) < 4.78 is 0. The monoisotopic (exact) mass is 399 g/mol. The van der Waals surface area contributed by atoms with Crippen LogP contribution in [-0.4, -0.2) is 40.9 Å². The first-order chi connectivity index (χ1) is 13.1. The summed E-state index contributed by atoms with van der Waals surface area (Å²) >= 11 is 2.92. The first kappa shape index (κ1) is 17.9. The van der Waals surface area contributed by atoms with E-state index in [9.17, 15) is 4.79 Å². The molecular weight excluding hydrogens is 378 g/mol. The van der Waals surface area contributed by atoms with Crippen LogP contribution in [0, 0.1) is 0 Å². The van der Waals surface area contributed by atoms with E-state index in [1.807, 2.05) is 23.4 Å². The maximum absolute atomic E-state index is 12.8. The minimum Gasteiger partial charge on any atom is -0.375 e. The fourth-order valence-corrected chi connectivity index (χ4v) is 5.01. The van der Waals surface area contributed by atoms with Crippen LogP contribution < -0.4 is 11.1 Å². The van der Waals surface area contributed by atoms with Crippen molar-refractivity contribution in [2.45, 2.75) is 18.3 Å². The Bertz CT molecular complexity index is 928. The third-order valence-corrected chi connectivity index (χ3v) is 6.71. The summed E-state index contributed by atoms with van der Waals surface area (Å²) in [7, 11) is 1.81. The van der Waals surface area contributed by atoms with Crippen LogP contribution in [0.25, 0.3) is 0 Å². The second-order valence-electron chi connectivity index (χ2n) is 6.60. The van der Waals surface area contributed by atoms with E-state index in [0.29, 0.717) is 23.9 Å². The molecule has 8 heteroatoms. The lowest BCUT2D eigenvalue weighted by molar-refractivity contribution is 0.0679. The van der Waals surface area contributed by atoms with E-state index in [1.165, 1.54) is 28.2 Å². The van der Waals surface area contributed by atoms with E-state index < -0.39 is 0 Å². The average Bonchev–Trinajstić information content (AvgIpc) is 3.37. The number of piperidine rings is 1. The number of nitrogens with zero attached hydrogens (tertiary/aromatic N) is 3. The number of carbonyl (C=O) groups excluding carboxylic acids is 1. The number of carbonyl (C=O) groups is 1. The maximum atomic E-state index is 12.8. The lowest BCUT2D eigenvalue weighted by Gasteiger charge is -2.41. The SMILES string of the molecule is CNc1nc(C(=O)N2CCC(c3ccccc3)(c3csc(N)n3)CC2)cs1. The fourth-order valence-electron chi connectivity index (χ4n) is 3.70. The Balaban J connectivity index is 1.59. The van der Waals surface area contributed by atoms with Crippen LogP contribution in [0.5, 0.6) is 0 Å². The van der Waals surface area contributed by atoms with Crippen molar-refractivity contribution in [2.75, 3.05) is 31.2 Å². The van der Waals surface area contributed by atoms with Crippen molar-refractivity contribution in [1.82, 2.24) is 14.9 Å². The highest BCUT2D eigenvalue weighted by Gasteiger charge is 2.41. The second kappa shape index (κ2) is 7.28. The van der Waals surface area contributed by atoms with Gasteiger partial charge in [0, 0.05) is 36.3 Å². The van der Waals surface area contributed by atoms with Gasteiger partial charge in [-0.2, -0.15) is 0 Å². The molecule has 0 bridgehead atoms. The summed E-state index contributed by atoms with van der Waals surface area (Å²) in [6, 6.07) is 10.4. The normalized spacial score (nSPS) is 16.3. The van der Waals surface area contributed by atoms with Gasteiger partial charge in [-0.25, -0.2) is 9.97 Å². The molecule has 2 aromatic heterocycles. The van der Waals surface area contributed by atoms with Gasteiger partial charge in [0.1, 0.15) is 5.69 Å². The number of hydrogen-bond acceptors (Lipinski definition) is 7. The molecule has 1 saturated heterocycles. The van der Waals surface area contributed by atoms with Gasteiger partial charge in [-0.1, -0.05) is 30.3 Å². The van der Waals surface area contributed by atoms with Crippen LogP contribution in [0.4, 0.5) is 10.3 Å². The van der Waals surface area contributed by atoms with E-state index in [4.69, 9.17) is 5.73 Å². The van der Waals surface area contributed by atoms with Crippen molar-refractivity contribution in [2.24, 2.45) is 0 Å². The molecule has 0 radical (unpaired) electrons. The zero-order chi connectivity index (χ0) is 18.9. The van der Waals surface area contributed by atoms with Crippen LogP contribution in [0.1, 0.15) is 34.6 Å². The summed E-state index contributed by atoms with van der Waals surface area (Å²) in [5, 5.41) is 8.19. The number of amides is 1. The van der Waals surface area contributed by atoms with Gasteiger partial charge < -0.3 is 16.0 Å². The standard InChI is InChI=1S/C19H21N5OS2/c1-21-18-22-14(11-27-18)16(25)24-9-7-19(8-10-24,13-5-3-2-4-6-13)15-12-26-17(20)23-15/h2-6,11-12H,7-10H2,1H3,(H2,20,23)(H,21,22). The maximum Gasteiger partial charge on any atom is 0.273 e. The summed E-state index contributed by atoms with van der Waals surface area (Å²) in [4.78, 5) is 23.7. The summed E-state index contributed by atoms with van der Waals surface area (Å²) in [6.45, 7) is 1.33. The lowest BCUT2D eigenvalue weighted by atomic mass is 9.70.